The van der Waals surface area contributed by atoms with E-state index in [2.05, 4.69) is 41.3 Å². The van der Waals surface area contributed by atoms with Gasteiger partial charge in [0.1, 0.15) is 5.52 Å². The summed E-state index contributed by atoms with van der Waals surface area (Å²) in [6.45, 7) is 5.33. The molecule has 1 aliphatic heterocycles. The molecule has 0 aliphatic carbocycles. The van der Waals surface area contributed by atoms with Gasteiger partial charge in [0, 0.05) is 31.2 Å². The fraction of sp³-hybridized carbons (Fsp3) is 0.533. The Balaban J connectivity index is 1.74. The predicted molar refractivity (Wildman–Crippen MR) is 77.5 cm³/mol. The van der Waals surface area contributed by atoms with Crippen LogP contribution in [-0.2, 0) is 0 Å². The Morgan fingerprint density at radius 1 is 1.42 bits per heavy atom. The molecule has 1 aliphatic rings. The van der Waals surface area contributed by atoms with Gasteiger partial charge in [-0.1, -0.05) is 0 Å². The van der Waals surface area contributed by atoms with Gasteiger partial charge in [0.25, 0.3) is 0 Å². The zero-order valence-electron chi connectivity index (χ0n) is 11.8. The summed E-state index contributed by atoms with van der Waals surface area (Å²) in [5.41, 5.74) is 2.94. The Morgan fingerprint density at radius 2 is 2.26 bits per heavy atom. The Bertz CT molecular complexity index is 578. The van der Waals surface area contributed by atoms with E-state index >= 15 is 0 Å². The number of nitrogens with zero attached hydrogens (tertiary/aromatic N) is 2. The van der Waals surface area contributed by atoms with Crippen molar-refractivity contribution < 1.29 is 4.42 Å². The normalized spacial score (nSPS) is 24.8. The highest BCUT2D eigenvalue weighted by Crippen LogP contribution is 2.23. The number of hydrogen-bond donors (Lipinski definition) is 1. The van der Waals surface area contributed by atoms with Gasteiger partial charge in [0.05, 0.1) is 0 Å². The van der Waals surface area contributed by atoms with E-state index in [-0.39, 0.29) is 0 Å². The quantitative estimate of drug-likeness (QED) is 0.900. The molecule has 1 saturated heterocycles. The zero-order chi connectivity index (χ0) is 13.4. The molecule has 2 aromatic rings. The van der Waals surface area contributed by atoms with Crippen LogP contribution in [0.1, 0.15) is 25.7 Å². The van der Waals surface area contributed by atoms with Gasteiger partial charge in [-0.25, -0.2) is 4.98 Å². The Morgan fingerprint density at radius 3 is 3.05 bits per heavy atom. The largest absolute Gasteiger partial charge is 0.441 e. The van der Waals surface area contributed by atoms with Crippen molar-refractivity contribution in [3.8, 4) is 0 Å². The second kappa shape index (κ2) is 4.85. The monoisotopic (exact) mass is 259 g/mol. The maximum atomic E-state index is 5.50. The summed E-state index contributed by atoms with van der Waals surface area (Å²) >= 11 is 0. The van der Waals surface area contributed by atoms with E-state index in [1.165, 1.54) is 12.8 Å². The van der Waals surface area contributed by atoms with Gasteiger partial charge < -0.3 is 14.6 Å². The lowest BCUT2D eigenvalue weighted by molar-refractivity contribution is 0.190. The van der Waals surface area contributed by atoms with Crippen LogP contribution in [0.2, 0.25) is 0 Å². The van der Waals surface area contributed by atoms with E-state index in [4.69, 9.17) is 4.42 Å². The Kier molecular flexibility index (Phi) is 3.19. The van der Waals surface area contributed by atoms with Crippen LogP contribution < -0.4 is 5.32 Å². The van der Waals surface area contributed by atoms with Crippen LogP contribution in [0.4, 0.5) is 5.69 Å². The second-order valence-electron chi connectivity index (χ2n) is 5.61. The van der Waals surface area contributed by atoms with Crippen molar-refractivity contribution in [1.82, 2.24) is 9.88 Å². The lowest BCUT2D eigenvalue weighted by atomic mass is 9.98. The molecule has 1 aromatic carbocycles. The topological polar surface area (TPSA) is 41.3 Å². The minimum Gasteiger partial charge on any atom is -0.441 e. The van der Waals surface area contributed by atoms with Crippen LogP contribution in [-0.4, -0.2) is 35.6 Å². The molecule has 0 radical (unpaired) electrons. The first-order chi connectivity index (χ1) is 9.11. The standard InChI is InChI=1S/C15H21N3O/c1-10-8-13(6-7-18(10)3)17-12-4-5-15-14(9-12)16-11(2)19-15/h4-5,9-10,13,17H,6-8H2,1-3H3. The van der Waals surface area contributed by atoms with E-state index < -0.39 is 0 Å². The number of fused-ring (bicyclic) bond motifs is 1. The summed E-state index contributed by atoms with van der Waals surface area (Å²) in [6.07, 6.45) is 2.38. The summed E-state index contributed by atoms with van der Waals surface area (Å²) in [7, 11) is 2.20. The summed E-state index contributed by atoms with van der Waals surface area (Å²) < 4.78 is 5.50. The summed E-state index contributed by atoms with van der Waals surface area (Å²) in [6, 6.07) is 7.35. The Hall–Kier alpha value is -1.55. The maximum absolute atomic E-state index is 5.50. The number of benzene rings is 1. The van der Waals surface area contributed by atoms with Gasteiger partial charge in [-0.05, 0) is 45.0 Å². The SMILES string of the molecule is Cc1nc2cc(NC3CCN(C)C(C)C3)ccc2o1. The minimum absolute atomic E-state index is 0.552. The average molecular weight is 259 g/mol. The van der Waals surface area contributed by atoms with E-state index in [0.717, 1.165) is 29.2 Å². The molecule has 102 valence electrons. The fourth-order valence-electron chi connectivity index (χ4n) is 2.79. The van der Waals surface area contributed by atoms with Crippen molar-refractivity contribution in [1.29, 1.82) is 0 Å². The van der Waals surface area contributed by atoms with E-state index in [0.29, 0.717) is 12.1 Å². The molecule has 2 atom stereocenters. The van der Waals surface area contributed by atoms with E-state index in [1.807, 2.05) is 13.0 Å². The van der Waals surface area contributed by atoms with E-state index in [9.17, 15) is 0 Å². The van der Waals surface area contributed by atoms with Crippen LogP contribution in [0, 0.1) is 6.92 Å². The van der Waals surface area contributed by atoms with Gasteiger partial charge in [-0.2, -0.15) is 0 Å². The highest BCUT2D eigenvalue weighted by atomic mass is 16.3. The molecular formula is C15H21N3O. The van der Waals surface area contributed by atoms with Gasteiger partial charge in [-0.3, -0.25) is 0 Å². The molecule has 1 N–H and O–H groups in total. The first-order valence-electron chi connectivity index (χ1n) is 6.96. The molecule has 0 saturated carbocycles. The van der Waals surface area contributed by atoms with Crippen LogP contribution in [0.15, 0.2) is 22.6 Å². The number of aryl methyl sites for hydroxylation is 1. The third kappa shape index (κ3) is 2.59. The minimum atomic E-state index is 0.552. The number of oxazole rings is 1. The molecule has 0 bridgehead atoms. The molecule has 0 spiro atoms. The molecule has 3 rings (SSSR count). The zero-order valence-corrected chi connectivity index (χ0v) is 11.8. The summed E-state index contributed by atoms with van der Waals surface area (Å²) in [5, 5.41) is 3.62. The lowest BCUT2D eigenvalue weighted by Gasteiger charge is -2.35. The first-order valence-corrected chi connectivity index (χ1v) is 6.96. The third-order valence-corrected chi connectivity index (χ3v) is 4.07. The smallest absolute Gasteiger partial charge is 0.192 e. The highest BCUT2D eigenvalue weighted by molar-refractivity contribution is 5.77. The van der Waals surface area contributed by atoms with Crippen molar-refractivity contribution >= 4 is 16.8 Å². The van der Waals surface area contributed by atoms with E-state index in [1.54, 1.807) is 0 Å². The number of piperidine rings is 1. The van der Waals surface area contributed by atoms with Crippen molar-refractivity contribution in [2.75, 3.05) is 18.9 Å². The van der Waals surface area contributed by atoms with Gasteiger partial charge in [-0.15, -0.1) is 0 Å². The fourth-order valence-corrected chi connectivity index (χ4v) is 2.79. The molecule has 19 heavy (non-hydrogen) atoms. The molecule has 1 aromatic heterocycles. The molecule has 1 fully saturated rings. The molecule has 4 heteroatoms. The maximum Gasteiger partial charge on any atom is 0.192 e. The van der Waals surface area contributed by atoms with Crippen molar-refractivity contribution in [3.63, 3.8) is 0 Å². The second-order valence-corrected chi connectivity index (χ2v) is 5.61. The van der Waals surface area contributed by atoms with Crippen molar-refractivity contribution in [2.45, 2.75) is 38.8 Å². The number of likely N-dealkylation sites (tertiary alicyclic amines) is 1. The molecule has 0 amide bonds. The first kappa shape index (κ1) is 12.5. The average Bonchev–Trinajstić information content (AvgIpc) is 2.73. The van der Waals surface area contributed by atoms with Gasteiger partial charge >= 0.3 is 0 Å². The number of nitrogens with one attached hydrogen (secondary N) is 1. The number of aromatic nitrogens is 1. The number of hydrogen-bond acceptors (Lipinski definition) is 4. The molecule has 4 nitrogen and oxygen atoms in total. The summed E-state index contributed by atoms with van der Waals surface area (Å²) in [4.78, 5) is 6.80. The van der Waals surface area contributed by atoms with Gasteiger partial charge in [0.15, 0.2) is 11.5 Å². The Labute approximate surface area is 113 Å². The summed E-state index contributed by atoms with van der Waals surface area (Å²) in [5.74, 6) is 0.722. The number of anilines is 1. The van der Waals surface area contributed by atoms with Crippen LogP contribution in [0.5, 0.6) is 0 Å². The molecular weight excluding hydrogens is 238 g/mol. The number of rotatable bonds is 2. The van der Waals surface area contributed by atoms with Crippen molar-refractivity contribution in [3.05, 3.63) is 24.1 Å². The van der Waals surface area contributed by atoms with Crippen LogP contribution in [0.3, 0.4) is 0 Å². The highest BCUT2D eigenvalue weighted by Gasteiger charge is 2.22. The molecule has 2 unspecified atom stereocenters. The lowest BCUT2D eigenvalue weighted by Crippen LogP contribution is -2.42. The van der Waals surface area contributed by atoms with Gasteiger partial charge in [0.2, 0.25) is 0 Å². The molecule has 2 heterocycles. The predicted octanol–water partition coefficient (Wildman–Crippen LogP) is 3.03. The van der Waals surface area contributed by atoms with Crippen LogP contribution in [0.25, 0.3) is 11.1 Å². The van der Waals surface area contributed by atoms with Crippen molar-refractivity contribution in [2.24, 2.45) is 0 Å². The third-order valence-electron chi connectivity index (χ3n) is 4.07. The van der Waals surface area contributed by atoms with Crippen LogP contribution >= 0.6 is 0 Å².